The summed E-state index contributed by atoms with van der Waals surface area (Å²) in [4.78, 5) is 24.2. The molecule has 0 aliphatic carbocycles. The van der Waals surface area contributed by atoms with Gasteiger partial charge in [-0.2, -0.15) is 0 Å². The summed E-state index contributed by atoms with van der Waals surface area (Å²) in [6, 6.07) is 22.0. The van der Waals surface area contributed by atoms with Gasteiger partial charge < -0.3 is 28.4 Å². The van der Waals surface area contributed by atoms with Crippen LogP contribution in [0.15, 0.2) is 72.8 Å². The van der Waals surface area contributed by atoms with Gasteiger partial charge in [-0.15, -0.1) is 0 Å². The van der Waals surface area contributed by atoms with E-state index in [0.717, 1.165) is 47.9 Å². The maximum absolute atomic E-state index is 12.2. The lowest BCUT2D eigenvalue weighted by molar-refractivity contribution is 0.0580. The number of benzene rings is 4. The number of hydrogen-bond acceptors (Lipinski definition) is 8. The zero-order chi connectivity index (χ0) is 36.1. The minimum Gasteiger partial charge on any atom is -0.489 e. The predicted octanol–water partition coefficient (Wildman–Crippen LogP) is 9.62. The highest BCUT2D eigenvalue weighted by Gasteiger charge is 2.32. The van der Waals surface area contributed by atoms with Gasteiger partial charge in [0, 0.05) is 38.4 Å². The van der Waals surface area contributed by atoms with Crippen molar-refractivity contribution < 1.29 is 38.0 Å². The SMILES string of the molecule is COC(=O)c1cc(OCc2ccccc2Cl)c2c(c1)OC(C)(C)CC2.COC(=O)c1cc(OCc2ccccc2Cl)cc2c1CCC(C)(C)O2. The number of carbonyl (C=O) groups excluding carboxylic acids is 2. The fourth-order valence-corrected chi connectivity index (χ4v) is 6.14. The molecule has 0 spiro atoms. The van der Waals surface area contributed by atoms with E-state index in [1.807, 2.05) is 82.3 Å². The van der Waals surface area contributed by atoms with E-state index in [1.54, 1.807) is 18.2 Å². The molecule has 6 rings (SSSR count). The fraction of sp³-hybridized carbons (Fsp3) is 0.350. The highest BCUT2D eigenvalue weighted by Crippen LogP contribution is 2.41. The van der Waals surface area contributed by atoms with E-state index < -0.39 is 5.97 Å². The van der Waals surface area contributed by atoms with Crippen LogP contribution < -0.4 is 18.9 Å². The van der Waals surface area contributed by atoms with Gasteiger partial charge in [-0.1, -0.05) is 59.6 Å². The van der Waals surface area contributed by atoms with Crippen LogP contribution in [0.5, 0.6) is 23.0 Å². The number of carbonyl (C=O) groups is 2. The molecule has 8 nitrogen and oxygen atoms in total. The molecule has 4 aromatic rings. The van der Waals surface area contributed by atoms with Crippen molar-refractivity contribution in [3.63, 3.8) is 0 Å². The highest BCUT2D eigenvalue weighted by molar-refractivity contribution is 6.31. The molecule has 0 atom stereocenters. The first-order valence-electron chi connectivity index (χ1n) is 16.4. The average Bonchev–Trinajstić information content (AvgIpc) is 3.08. The lowest BCUT2D eigenvalue weighted by Crippen LogP contribution is -2.33. The molecule has 2 heterocycles. The molecule has 264 valence electrons. The van der Waals surface area contributed by atoms with Crippen LogP contribution >= 0.6 is 23.2 Å². The summed E-state index contributed by atoms with van der Waals surface area (Å²) in [5.74, 6) is 1.73. The zero-order valence-corrected chi connectivity index (χ0v) is 30.7. The van der Waals surface area contributed by atoms with Gasteiger partial charge in [-0.05, 0) is 83.7 Å². The van der Waals surface area contributed by atoms with Crippen molar-refractivity contribution >= 4 is 35.1 Å². The summed E-state index contributed by atoms with van der Waals surface area (Å²) >= 11 is 12.4. The molecule has 2 aliphatic rings. The van der Waals surface area contributed by atoms with E-state index in [9.17, 15) is 9.59 Å². The number of methoxy groups -OCH3 is 2. The quantitative estimate of drug-likeness (QED) is 0.166. The fourth-order valence-electron chi connectivity index (χ4n) is 5.76. The number of rotatable bonds is 8. The standard InChI is InChI=1S/2C20H21ClO4/c1-20(2)9-8-15-16(19(22)23-3)10-14(11-18(15)25-20)24-12-13-6-4-5-7-17(13)21;1-20(2)9-8-15-17(24-12-13-6-4-5-7-16(13)21)10-14(19(22)23-3)11-18(15)25-20/h2*4-7,10-11H,8-9,12H2,1-3H3. The molecule has 2 aliphatic heterocycles. The molecule has 10 heteroatoms. The molecule has 0 N–H and O–H groups in total. The molecule has 0 bridgehead atoms. The van der Waals surface area contributed by atoms with E-state index in [-0.39, 0.29) is 17.2 Å². The first-order chi connectivity index (χ1) is 23.8. The van der Waals surface area contributed by atoms with Crippen LogP contribution in [0.2, 0.25) is 10.0 Å². The number of hydrogen-bond donors (Lipinski definition) is 0. The molecular formula is C40H42Cl2O8. The van der Waals surface area contributed by atoms with Crippen LogP contribution in [0.25, 0.3) is 0 Å². The normalized spacial score (nSPS) is 15.0. The third kappa shape index (κ3) is 9.03. The minimum absolute atomic E-state index is 0.276. The Balaban J connectivity index is 0.000000194. The van der Waals surface area contributed by atoms with Gasteiger partial charge in [0.2, 0.25) is 0 Å². The summed E-state index contributed by atoms with van der Waals surface area (Å²) in [6.45, 7) is 8.76. The lowest BCUT2D eigenvalue weighted by atomic mass is 9.91. The van der Waals surface area contributed by atoms with Crippen LogP contribution in [-0.2, 0) is 35.5 Å². The largest absolute Gasteiger partial charge is 0.489 e. The first-order valence-corrected chi connectivity index (χ1v) is 17.2. The second-order valence-electron chi connectivity index (χ2n) is 13.4. The van der Waals surface area contributed by atoms with Crippen LogP contribution in [0.3, 0.4) is 0 Å². The highest BCUT2D eigenvalue weighted by atomic mass is 35.5. The van der Waals surface area contributed by atoms with Gasteiger partial charge in [0.1, 0.15) is 47.4 Å². The number of halogens is 2. The molecule has 4 aromatic carbocycles. The summed E-state index contributed by atoms with van der Waals surface area (Å²) in [5, 5.41) is 1.30. The second-order valence-corrected chi connectivity index (χ2v) is 14.2. The van der Waals surface area contributed by atoms with Crippen molar-refractivity contribution in [2.45, 2.75) is 77.8 Å². The monoisotopic (exact) mass is 720 g/mol. The summed E-state index contributed by atoms with van der Waals surface area (Å²) in [5.41, 5.74) is 3.96. The van der Waals surface area contributed by atoms with Crippen molar-refractivity contribution in [1.29, 1.82) is 0 Å². The lowest BCUT2D eigenvalue weighted by Gasteiger charge is -2.33. The van der Waals surface area contributed by atoms with E-state index in [1.165, 1.54) is 14.2 Å². The Bertz CT molecular complexity index is 1860. The maximum atomic E-state index is 12.2. The molecule has 0 saturated heterocycles. The number of fused-ring (bicyclic) bond motifs is 2. The van der Waals surface area contributed by atoms with Crippen molar-refractivity contribution in [2.24, 2.45) is 0 Å². The van der Waals surface area contributed by atoms with Gasteiger partial charge >= 0.3 is 11.9 Å². The van der Waals surface area contributed by atoms with Crippen molar-refractivity contribution in [3.8, 4) is 23.0 Å². The third-order valence-corrected chi connectivity index (χ3v) is 9.33. The minimum atomic E-state index is -0.419. The summed E-state index contributed by atoms with van der Waals surface area (Å²) < 4.78 is 33.8. The van der Waals surface area contributed by atoms with E-state index in [2.05, 4.69) is 0 Å². The Hall–Kier alpha value is -4.40. The second kappa shape index (κ2) is 15.7. The zero-order valence-electron chi connectivity index (χ0n) is 29.2. The van der Waals surface area contributed by atoms with Crippen molar-refractivity contribution in [1.82, 2.24) is 0 Å². The van der Waals surface area contributed by atoms with Gasteiger partial charge in [0.05, 0.1) is 25.3 Å². The molecular weight excluding hydrogens is 679 g/mol. The smallest absolute Gasteiger partial charge is 0.338 e. The molecule has 0 radical (unpaired) electrons. The molecule has 0 fully saturated rings. The predicted molar refractivity (Wildman–Crippen MR) is 193 cm³/mol. The summed E-state index contributed by atoms with van der Waals surface area (Å²) in [6.07, 6.45) is 3.29. The van der Waals surface area contributed by atoms with Crippen LogP contribution in [-0.4, -0.2) is 37.4 Å². The Kier molecular flexibility index (Phi) is 11.5. The van der Waals surface area contributed by atoms with Crippen LogP contribution in [0.1, 0.15) is 83.5 Å². The molecule has 0 unspecified atom stereocenters. The molecule has 50 heavy (non-hydrogen) atoms. The Morgan fingerprint density at radius 3 is 1.76 bits per heavy atom. The Labute approximate surface area is 303 Å². The van der Waals surface area contributed by atoms with Crippen LogP contribution in [0, 0.1) is 0 Å². The first kappa shape index (κ1) is 36.9. The average molecular weight is 722 g/mol. The van der Waals surface area contributed by atoms with Gasteiger partial charge in [0.25, 0.3) is 0 Å². The topological polar surface area (TPSA) is 89.5 Å². The van der Waals surface area contributed by atoms with Crippen molar-refractivity contribution in [3.05, 3.63) is 116 Å². The summed E-state index contributed by atoms with van der Waals surface area (Å²) in [7, 11) is 2.73. The van der Waals surface area contributed by atoms with Gasteiger partial charge in [-0.25, -0.2) is 9.59 Å². The van der Waals surface area contributed by atoms with Gasteiger partial charge in [0.15, 0.2) is 0 Å². The van der Waals surface area contributed by atoms with E-state index in [0.29, 0.717) is 57.4 Å². The molecule has 0 aromatic heterocycles. The van der Waals surface area contributed by atoms with E-state index in [4.69, 9.17) is 51.6 Å². The Morgan fingerprint density at radius 2 is 1.20 bits per heavy atom. The molecule has 0 saturated carbocycles. The van der Waals surface area contributed by atoms with Gasteiger partial charge in [-0.3, -0.25) is 0 Å². The van der Waals surface area contributed by atoms with Crippen molar-refractivity contribution in [2.75, 3.05) is 14.2 Å². The third-order valence-electron chi connectivity index (χ3n) is 8.60. The number of ether oxygens (including phenoxy) is 6. The van der Waals surface area contributed by atoms with Crippen LogP contribution in [0.4, 0.5) is 0 Å². The number of esters is 2. The van der Waals surface area contributed by atoms with E-state index >= 15 is 0 Å². The Morgan fingerprint density at radius 1 is 0.680 bits per heavy atom. The molecule has 0 amide bonds. The maximum Gasteiger partial charge on any atom is 0.338 e.